The van der Waals surface area contributed by atoms with Crippen LogP contribution in [0.1, 0.15) is 34.1 Å². The molecule has 0 saturated carbocycles. The van der Waals surface area contributed by atoms with Crippen LogP contribution in [-0.2, 0) is 0 Å². The summed E-state index contributed by atoms with van der Waals surface area (Å²) in [6.07, 6.45) is 5.41. The van der Waals surface area contributed by atoms with Gasteiger partial charge in [-0.05, 0) is 36.7 Å². The number of hydrogen-bond acceptors (Lipinski definition) is 0. The Morgan fingerprint density at radius 1 is 1.00 bits per heavy atom. The van der Waals surface area contributed by atoms with Crippen LogP contribution in [0.15, 0.2) is 0 Å². The lowest BCUT2D eigenvalue weighted by atomic mass is 10.3. The highest BCUT2D eigenvalue weighted by molar-refractivity contribution is 7.57. The molecule has 0 saturated heterocycles. The molecule has 0 N–H and O–H groups in total. The van der Waals surface area contributed by atoms with Crippen molar-refractivity contribution in [1.82, 2.24) is 0 Å². The first-order chi connectivity index (χ1) is 5.56. The molecule has 0 aliphatic carbocycles. The van der Waals surface area contributed by atoms with Crippen LogP contribution in [0.2, 0.25) is 0 Å². The molecule has 0 atom stereocenters. The van der Waals surface area contributed by atoms with Gasteiger partial charge in [-0.15, -0.1) is 7.92 Å². The minimum absolute atomic E-state index is 0.298. The van der Waals surface area contributed by atoms with Gasteiger partial charge in [0.2, 0.25) is 0 Å². The molecule has 73 valence electrons. The minimum atomic E-state index is 0.298. The Kier molecular flexibility index (Phi) is 7.14. The highest BCUT2D eigenvalue weighted by atomic mass is 31.1. The van der Waals surface area contributed by atoms with E-state index in [1.165, 1.54) is 18.5 Å². The Bertz CT molecular complexity index is 87.2. The molecule has 0 aromatic rings. The summed E-state index contributed by atoms with van der Waals surface area (Å²) >= 11 is 0. The number of hydrogen-bond donors (Lipinski definition) is 0. The Hall–Kier alpha value is 0.430. The van der Waals surface area contributed by atoms with Crippen molar-refractivity contribution in [1.29, 1.82) is 0 Å². The average Bonchev–Trinajstić information content (AvgIpc) is 1.84. The third-order valence-corrected chi connectivity index (χ3v) is 5.16. The molecule has 1 heteroatoms. The molecule has 0 aliphatic rings. The van der Waals surface area contributed by atoms with E-state index >= 15 is 0 Å². The van der Waals surface area contributed by atoms with Gasteiger partial charge in [0.25, 0.3) is 0 Å². The van der Waals surface area contributed by atoms with E-state index in [1.54, 1.807) is 0 Å². The van der Waals surface area contributed by atoms with E-state index in [1.807, 2.05) is 0 Å². The highest BCUT2D eigenvalue weighted by Crippen LogP contribution is 2.39. The quantitative estimate of drug-likeness (QED) is 0.551. The summed E-state index contributed by atoms with van der Waals surface area (Å²) in [5.41, 5.74) is 0. The topological polar surface area (TPSA) is 0 Å². The van der Waals surface area contributed by atoms with Crippen molar-refractivity contribution in [3.8, 4) is 0 Å². The Morgan fingerprint density at radius 2 is 1.42 bits per heavy atom. The van der Waals surface area contributed by atoms with E-state index in [9.17, 15) is 0 Å². The third-order valence-electron chi connectivity index (χ3n) is 1.72. The van der Waals surface area contributed by atoms with Crippen LogP contribution in [0.25, 0.3) is 0 Å². The largest absolute Gasteiger partial charge is 0.106 e. The van der Waals surface area contributed by atoms with Crippen molar-refractivity contribution in [3.63, 3.8) is 0 Å². The fourth-order valence-electron chi connectivity index (χ4n) is 1.51. The smallest absolute Gasteiger partial charge is 0.0303 e. The van der Waals surface area contributed by atoms with Gasteiger partial charge < -0.3 is 0 Å². The summed E-state index contributed by atoms with van der Waals surface area (Å²) in [7, 11) is 0.298. The predicted octanol–water partition coefficient (Wildman–Crippen LogP) is 4.00. The van der Waals surface area contributed by atoms with Gasteiger partial charge in [0.15, 0.2) is 0 Å². The van der Waals surface area contributed by atoms with E-state index in [0.717, 1.165) is 18.3 Å². The molecule has 0 heterocycles. The maximum absolute atomic E-state index is 3.96. The molecular weight excluding hydrogens is 163 g/mol. The number of rotatable bonds is 6. The second kappa shape index (κ2) is 6.89. The van der Waals surface area contributed by atoms with Gasteiger partial charge in [0.1, 0.15) is 0 Å². The van der Waals surface area contributed by atoms with E-state index in [-0.39, 0.29) is 0 Å². The molecule has 0 aliphatic heterocycles. The lowest BCUT2D eigenvalue weighted by molar-refractivity contribution is 0.717. The van der Waals surface area contributed by atoms with Crippen LogP contribution < -0.4 is 0 Å². The molecule has 0 unspecified atom stereocenters. The van der Waals surface area contributed by atoms with Crippen molar-refractivity contribution in [3.05, 3.63) is 6.92 Å². The van der Waals surface area contributed by atoms with Crippen molar-refractivity contribution in [2.24, 2.45) is 11.8 Å². The predicted molar refractivity (Wildman–Crippen MR) is 61.2 cm³/mol. The van der Waals surface area contributed by atoms with Crippen molar-refractivity contribution >= 4 is 7.92 Å². The fourth-order valence-corrected chi connectivity index (χ4v) is 4.54. The van der Waals surface area contributed by atoms with Gasteiger partial charge in [0.05, 0.1) is 0 Å². The van der Waals surface area contributed by atoms with Gasteiger partial charge in [-0.25, -0.2) is 0 Å². The van der Waals surface area contributed by atoms with Crippen LogP contribution in [0.3, 0.4) is 0 Å². The van der Waals surface area contributed by atoms with E-state index < -0.39 is 0 Å². The molecular formula is C11H24P. The zero-order valence-corrected chi connectivity index (χ0v) is 10.0. The highest BCUT2D eigenvalue weighted by Gasteiger charge is 2.10. The third kappa shape index (κ3) is 7.10. The zero-order chi connectivity index (χ0) is 9.56. The zero-order valence-electron chi connectivity index (χ0n) is 9.14. The standard InChI is InChI=1S/C11H24P/c1-6-7-12(8-10(2)3)9-11(4)5/h10-11H,1,6-9H2,2-5H3. The first-order valence-corrected chi connectivity index (χ1v) is 6.97. The van der Waals surface area contributed by atoms with Crippen molar-refractivity contribution in [2.45, 2.75) is 34.1 Å². The molecule has 0 amide bonds. The molecule has 0 aromatic carbocycles. The van der Waals surface area contributed by atoms with Crippen molar-refractivity contribution < 1.29 is 0 Å². The molecule has 1 radical (unpaired) electrons. The molecule has 12 heavy (non-hydrogen) atoms. The van der Waals surface area contributed by atoms with Gasteiger partial charge >= 0.3 is 0 Å². The lowest BCUT2D eigenvalue weighted by Crippen LogP contribution is -2.04. The Labute approximate surface area is 79.9 Å². The fraction of sp³-hybridized carbons (Fsp3) is 0.909. The van der Waals surface area contributed by atoms with Crippen molar-refractivity contribution in [2.75, 3.05) is 18.5 Å². The van der Waals surface area contributed by atoms with Gasteiger partial charge in [-0.2, -0.15) is 0 Å². The maximum Gasteiger partial charge on any atom is -0.0303 e. The Balaban J connectivity index is 3.69. The van der Waals surface area contributed by atoms with Gasteiger partial charge in [-0.1, -0.05) is 34.6 Å². The summed E-state index contributed by atoms with van der Waals surface area (Å²) in [6.45, 7) is 13.3. The monoisotopic (exact) mass is 187 g/mol. The van der Waals surface area contributed by atoms with E-state index in [2.05, 4.69) is 34.6 Å². The summed E-state index contributed by atoms with van der Waals surface area (Å²) in [6, 6.07) is 0. The van der Waals surface area contributed by atoms with E-state index in [4.69, 9.17) is 0 Å². The molecule has 0 rings (SSSR count). The Morgan fingerprint density at radius 3 is 1.67 bits per heavy atom. The normalized spacial score (nSPS) is 12.0. The summed E-state index contributed by atoms with van der Waals surface area (Å²) < 4.78 is 0. The van der Waals surface area contributed by atoms with Gasteiger partial charge in [0, 0.05) is 0 Å². The van der Waals surface area contributed by atoms with Crippen LogP contribution >= 0.6 is 7.92 Å². The molecule has 0 fully saturated rings. The van der Waals surface area contributed by atoms with Gasteiger partial charge in [-0.3, -0.25) is 0 Å². The first kappa shape index (κ1) is 12.4. The van der Waals surface area contributed by atoms with Crippen LogP contribution in [-0.4, -0.2) is 18.5 Å². The summed E-state index contributed by atoms with van der Waals surface area (Å²) in [5.74, 6) is 1.75. The average molecular weight is 187 g/mol. The molecule has 0 spiro atoms. The summed E-state index contributed by atoms with van der Waals surface area (Å²) in [4.78, 5) is 0. The van der Waals surface area contributed by atoms with E-state index in [0.29, 0.717) is 7.92 Å². The second-order valence-corrected chi connectivity index (χ2v) is 6.92. The maximum atomic E-state index is 3.96. The summed E-state index contributed by atoms with van der Waals surface area (Å²) in [5, 5.41) is 0. The minimum Gasteiger partial charge on any atom is -0.106 e. The molecule has 0 bridgehead atoms. The molecule has 0 aromatic heterocycles. The van der Waals surface area contributed by atoms with Crippen LogP contribution in [0, 0.1) is 18.8 Å². The second-order valence-electron chi connectivity index (χ2n) is 4.40. The van der Waals surface area contributed by atoms with Crippen LogP contribution in [0.5, 0.6) is 0 Å². The van der Waals surface area contributed by atoms with Crippen LogP contribution in [0.4, 0.5) is 0 Å². The first-order valence-electron chi connectivity index (χ1n) is 5.07. The SMILES string of the molecule is [CH2]CCP(CC(C)C)CC(C)C. The molecule has 0 nitrogen and oxygen atoms in total. The lowest BCUT2D eigenvalue weighted by Gasteiger charge is -2.20.